The molecule has 0 saturated carbocycles. The number of hydrogen-bond acceptors (Lipinski definition) is 8. The third-order valence-corrected chi connectivity index (χ3v) is 4.67. The predicted octanol–water partition coefficient (Wildman–Crippen LogP) is 1.10. The Morgan fingerprint density at radius 3 is 2.50 bits per heavy atom. The monoisotopic (exact) mass is 456 g/mol. The maximum absolute atomic E-state index is 12.6. The van der Waals surface area contributed by atoms with Gasteiger partial charge in [-0.15, -0.1) is 0 Å². The van der Waals surface area contributed by atoms with Gasteiger partial charge in [0, 0.05) is 44.6 Å². The van der Waals surface area contributed by atoms with Gasteiger partial charge in [0.25, 0.3) is 5.56 Å². The Kier molecular flexibility index (Phi) is 7.62. The lowest BCUT2D eigenvalue weighted by atomic mass is 10.3. The highest BCUT2D eigenvalue weighted by Crippen LogP contribution is 2.28. The normalized spacial score (nSPS) is 15.5. The van der Waals surface area contributed by atoms with Crippen molar-refractivity contribution < 1.29 is 27.4 Å². The number of amides is 1. The van der Waals surface area contributed by atoms with Crippen LogP contribution in [-0.4, -0.2) is 76.5 Å². The molecule has 1 aliphatic rings. The van der Waals surface area contributed by atoms with Gasteiger partial charge < -0.3 is 19.3 Å². The van der Waals surface area contributed by atoms with E-state index in [9.17, 15) is 22.8 Å². The van der Waals surface area contributed by atoms with E-state index in [-0.39, 0.29) is 43.2 Å². The second-order valence-corrected chi connectivity index (χ2v) is 7.17. The van der Waals surface area contributed by atoms with Crippen LogP contribution in [0.3, 0.4) is 0 Å². The maximum atomic E-state index is 12.6. The van der Waals surface area contributed by atoms with Crippen molar-refractivity contribution in [1.82, 2.24) is 25.1 Å². The average molecular weight is 456 g/mol. The fourth-order valence-electron chi connectivity index (χ4n) is 3.04. The van der Waals surface area contributed by atoms with Crippen LogP contribution in [0.4, 0.5) is 19.1 Å². The van der Waals surface area contributed by atoms with E-state index >= 15 is 0 Å². The molecular weight excluding hydrogens is 433 g/mol. The largest absolute Gasteiger partial charge is 0.486 e. The molecule has 1 amide bonds. The lowest BCUT2D eigenvalue weighted by molar-refractivity contribution is -0.138. The van der Waals surface area contributed by atoms with Crippen molar-refractivity contribution in [2.45, 2.75) is 25.6 Å². The average Bonchev–Trinajstić information content (AvgIpc) is 2.76. The van der Waals surface area contributed by atoms with E-state index in [2.05, 4.69) is 20.2 Å². The molecule has 32 heavy (non-hydrogen) atoms. The van der Waals surface area contributed by atoms with Crippen molar-refractivity contribution in [2.75, 3.05) is 44.3 Å². The third kappa shape index (κ3) is 6.64. The van der Waals surface area contributed by atoms with Crippen LogP contribution in [0.1, 0.15) is 18.9 Å². The van der Waals surface area contributed by atoms with Crippen molar-refractivity contribution in [2.24, 2.45) is 0 Å². The van der Waals surface area contributed by atoms with E-state index in [0.717, 1.165) is 12.4 Å². The number of ether oxygens (including phenoxy) is 2. The number of aromatic nitrogens is 4. The molecule has 13 heteroatoms. The standard InChI is InChI=1S/C19H23F3N6O4/c1-13(32-15-8-16(29)26-25-11-15)12-31-7-2-17(30)27-3-5-28(6-4-27)18-23-9-14(10-24-18)19(20,21)22/h8-11,13H,2-7,12H2,1H3,(H,26,29)/t13-/m0/s1. The summed E-state index contributed by atoms with van der Waals surface area (Å²) in [6.45, 7) is 3.89. The number of carbonyl (C=O) groups excluding carboxylic acids is 1. The number of nitrogens with zero attached hydrogens (tertiary/aromatic N) is 5. The van der Waals surface area contributed by atoms with Gasteiger partial charge in [-0.05, 0) is 6.92 Å². The Labute approximate surface area is 181 Å². The minimum atomic E-state index is -4.48. The smallest absolute Gasteiger partial charge is 0.419 e. The number of nitrogens with one attached hydrogen (secondary N) is 1. The molecular formula is C19H23F3N6O4. The molecule has 1 saturated heterocycles. The SMILES string of the molecule is C[C@@H](COCCC(=O)N1CCN(c2ncc(C(F)(F)F)cn2)CC1)Oc1cn[nH]c(=O)c1. The lowest BCUT2D eigenvalue weighted by Crippen LogP contribution is -2.49. The highest BCUT2D eigenvalue weighted by atomic mass is 19.4. The van der Waals surface area contributed by atoms with Crippen LogP contribution >= 0.6 is 0 Å². The molecule has 1 atom stereocenters. The van der Waals surface area contributed by atoms with E-state index in [1.165, 1.54) is 12.3 Å². The summed E-state index contributed by atoms with van der Waals surface area (Å²) in [5.74, 6) is 0.458. The lowest BCUT2D eigenvalue weighted by Gasteiger charge is -2.34. The molecule has 2 aromatic rings. The van der Waals surface area contributed by atoms with Crippen molar-refractivity contribution in [3.8, 4) is 5.75 Å². The summed E-state index contributed by atoms with van der Waals surface area (Å²) in [4.78, 5) is 34.5. The summed E-state index contributed by atoms with van der Waals surface area (Å²) in [6, 6.07) is 1.28. The Morgan fingerprint density at radius 1 is 1.19 bits per heavy atom. The van der Waals surface area contributed by atoms with Gasteiger partial charge in [0.15, 0.2) is 0 Å². The Balaban J connectivity index is 1.35. The van der Waals surface area contributed by atoms with Gasteiger partial charge in [-0.2, -0.15) is 18.3 Å². The van der Waals surface area contributed by atoms with Gasteiger partial charge in [-0.25, -0.2) is 15.1 Å². The Hall–Kier alpha value is -3.22. The number of rotatable bonds is 8. The fraction of sp³-hybridized carbons (Fsp3) is 0.526. The summed E-state index contributed by atoms with van der Waals surface area (Å²) < 4.78 is 48.9. The van der Waals surface area contributed by atoms with Gasteiger partial charge in [0.1, 0.15) is 11.9 Å². The first-order chi connectivity index (χ1) is 15.2. The zero-order chi connectivity index (χ0) is 23.1. The molecule has 0 radical (unpaired) electrons. The van der Waals surface area contributed by atoms with E-state index in [4.69, 9.17) is 9.47 Å². The molecule has 0 aromatic carbocycles. The quantitative estimate of drug-likeness (QED) is 0.588. The van der Waals surface area contributed by atoms with Gasteiger partial charge in [0.05, 0.1) is 31.4 Å². The predicted molar refractivity (Wildman–Crippen MR) is 106 cm³/mol. The minimum absolute atomic E-state index is 0.0784. The number of aromatic amines is 1. The first-order valence-corrected chi connectivity index (χ1v) is 9.93. The van der Waals surface area contributed by atoms with E-state index in [0.29, 0.717) is 31.9 Å². The number of H-pyrrole nitrogens is 1. The third-order valence-electron chi connectivity index (χ3n) is 4.67. The van der Waals surface area contributed by atoms with Crippen LogP contribution in [0.15, 0.2) is 29.5 Å². The van der Waals surface area contributed by atoms with Crippen LogP contribution in [0, 0.1) is 0 Å². The first-order valence-electron chi connectivity index (χ1n) is 9.93. The number of halogens is 3. The molecule has 1 N–H and O–H groups in total. The molecule has 174 valence electrons. The fourth-order valence-corrected chi connectivity index (χ4v) is 3.04. The van der Waals surface area contributed by atoms with Crippen LogP contribution in [0.2, 0.25) is 0 Å². The zero-order valence-electron chi connectivity index (χ0n) is 17.3. The summed E-state index contributed by atoms with van der Waals surface area (Å²) in [6.07, 6.45) is -1.72. The Morgan fingerprint density at radius 2 is 1.88 bits per heavy atom. The molecule has 0 aliphatic carbocycles. The molecule has 3 rings (SSSR count). The maximum Gasteiger partial charge on any atom is 0.419 e. The number of anilines is 1. The minimum Gasteiger partial charge on any atom is -0.486 e. The number of alkyl halides is 3. The number of carbonyl (C=O) groups is 1. The molecule has 1 aliphatic heterocycles. The highest BCUT2D eigenvalue weighted by Gasteiger charge is 2.32. The summed E-state index contributed by atoms with van der Waals surface area (Å²) in [7, 11) is 0. The number of hydrogen-bond donors (Lipinski definition) is 1. The molecule has 1 fully saturated rings. The van der Waals surface area contributed by atoms with Gasteiger partial charge >= 0.3 is 6.18 Å². The van der Waals surface area contributed by atoms with E-state index in [1.807, 2.05) is 0 Å². The van der Waals surface area contributed by atoms with Gasteiger partial charge in [0.2, 0.25) is 11.9 Å². The molecule has 0 bridgehead atoms. The van der Waals surface area contributed by atoms with Crippen molar-refractivity contribution in [1.29, 1.82) is 0 Å². The second kappa shape index (κ2) is 10.4. The van der Waals surface area contributed by atoms with Crippen molar-refractivity contribution >= 4 is 11.9 Å². The van der Waals surface area contributed by atoms with Crippen molar-refractivity contribution in [3.63, 3.8) is 0 Å². The van der Waals surface area contributed by atoms with Crippen LogP contribution in [-0.2, 0) is 15.7 Å². The first kappa shape index (κ1) is 23.4. The molecule has 0 unspecified atom stereocenters. The summed E-state index contributed by atoms with van der Waals surface area (Å²) in [5.41, 5.74) is -1.27. The van der Waals surface area contributed by atoms with E-state index < -0.39 is 11.7 Å². The highest BCUT2D eigenvalue weighted by molar-refractivity contribution is 5.76. The summed E-state index contributed by atoms with van der Waals surface area (Å²) in [5, 5.41) is 5.89. The topological polar surface area (TPSA) is 114 Å². The van der Waals surface area contributed by atoms with Crippen molar-refractivity contribution in [3.05, 3.63) is 40.6 Å². The van der Waals surface area contributed by atoms with Gasteiger partial charge in [-0.3, -0.25) is 9.59 Å². The molecule has 0 spiro atoms. The van der Waals surface area contributed by atoms with Gasteiger partial charge in [-0.1, -0.05) is 0 Å². The Bertz CT molecular complexity index is 945. The van der Waals surface area contributed by atoms with Crippen LogP contribution < -0.4 is 15.2 Å². The molecule has 2 aromatic heterocycles. The van der Waals surface area contributed by atoms with Crippen LogP contribution in [0.25, 0.3) is 0 Å². The zero-order valence-corrected chi connectivity index (χ0v) is 17.3. The second-order valence-electron chi connectivity index (χ2n) is 7.17. The van der Waals surface area contributed by atoms with E-state index in [1.54, 1.807) is 16.7 Å². The van der Waals surface area contributed by atoms with Crippen LogP contribution in [0.5, 0.6) is 5.75 Å². The number of piperazine rings is 1. The molecule has 10 nitrogen and oxygen atoms in total. The summed E-state index contributed by atoms with van der Waals surface area (Å²) >= 11 is 0. The molecule has 3 heterocycles.